The van der Waals surface area contributed by atoms with Gasteiger partial charge in [0.2, 0.25) is 5.75 Å². The molecule has 1 amide bonds. The Labute approximate surface area is 158 Å². The van der Waals surface area contributed by atoms with Crippen molar-refractivity contribution in [2.24, 2.45) is 5.92 Å². The van der Waals surface area contributed by atoms with Crippen molar-refractivity contribution in [3.05, 3.63) is 28.3 Å². The number of benzene rings is 1. The van der Waals surface area contributed by atoms with Gasteiger partial charge in [-0.05, 0) is 25.3 Å². The average Bonchev–Trinajstić information content (AvgIpc) is 2.62. The van der Waals surface area contributed by atoms with Crippen LogP contribution in [-0.2, 0) is 14.3 Å². The van der Waals surface area contributed by atoms with Gasteiger partial charge in [-0.25, -0.2) is 4.79 Å². The van der Waals surface area contributed by atoms with Crippen molar-refractivity contribution in [2.75, 3.05) is 27.4 Å². The lowest BCUT2D eigenvalue weighted by molar-refractivity contribution is -0.385. The third-order valence-corrected chi connectivity index (χ3v) is 3.93. The van der Waals surface area contributed by atoms with Crippen molar-refractivity contribution >= 4 is 17.6 Å². The Hall–Kier alpha value is -2.84. The number of amides is 1. The van der Waals surface area contributed by atoms with Crippen molar-refractivity contribution in [2.45, 2.75) is 33.2 Å². The third-order valence-electron chi connectivity index (χ3n) is 3.93. The minimum atomic E-state index is -0.717. The Balaban J connectivity index is 2.49. The van der Waals surface area contributed by atoms with Crippen LogP contribution < -0.4 is 9.47 Å². The van der Waals surface area contributed by atoms with Gasteiger partial charge < -0.3 is 19.1 Å². The molecular weight excluding hydrogens is 356 g/mol. The number of rotatable bonds is 10. The number of likely N-dealkylation sites (N-methyl/N-ethyl adjacent to an activating group) is 1. The molecule has 0 aliphatic carbocycles. The molecule has 9 heteroatoms. The van der Waals surface area contributed by atoms with E-state index >= 15 is 0 Å². The highest BCUT2D eigenvalue weighted by atomic mass is 16.6. The van der Waals surface area contributed by atoms with Crippen LogP contribution in [0.2, 0.25) is 0 Å². The van der Waals surface area contributed by atoms with E-state index in [2.05, 4.69) is 13.8 Å². The number of hydrogen-bond donors (Lipinski definition) is 0. The van der Waals surface area contributed by atoms with E-state index in [0.717, 1.165) is 6.42 Å². The van der Waals surface area contributed by atoms with E-state index in [4.69, 9.17) is 14.2 Å². The van der Waals surface area contributed by atoms with Gasteiger partial charge in [0, 0.05) is 25.2 Å². The standard InChI is InChI=1S/C18H26N2O7/c1-12(2)8-13(3)19(4)17(21)10-27-18(22)11-26-14-6-7-15(20(23)24)16(9-14)25-5/h6-7,9,12-13H,8,10-11H2,1-5H3. The van der Waals surface area contributed by atoms with Crippen molar-refractivity contribution < 1.29 is 28.7 Å². The first-order chi connectivity index (χ1) is 12.6. The minimum Gasteiger partial charge on any atom is -0.490 e. The number of hydrogen-bond acceptors (Lipinski definition) is 7. The SMILES string of the molecule is COc1cc(OCC(=O)OCC(=O)N(C)C(C)CC(C)C)ccc1[N+](=O)[O-]. The van der Waals surface area contributed by atoms with Gasteiger partial charge in [-0.3, -0.25) is 14.9 Å². The van der Waals surface area contributed by atoms with Crippen LogP contribution in [0.15, 0.2) is 18.2 Å². The molecular formula is C18H26N2O7. The van der Waals surface area contributed by atoms with Gasteiger partial charge in [0.15, 0.2) is 13.2 Å². The molecule has 0 aromatic heterocycles. The van der Waals surface area contributed by atoms with Gasteiger partial charge in [-0.15, -0.1) is 0 Å². The summed E-state index contributed by atoms with van der Waals surface area (Å²) in [5, 5.41) is 10.8. The molecule has 0 aliphatic heterocycles. The van der Waals surface area contributed by atoms with Gasteiger partial charge in [-0.2, -0.15) is 0 Å². The Morgan fingerprint density at radius 2 is 1.89 bits per heavy atom. The third kappa shape index (κ3) is 7.12. The summed E-state index contributed by atoms with van der Waals surface area (Å²) in [6.07, 6.45) is 0.848. The number of carbonyl (C=O) groups is 2. The molecule has 9 nitrogen and oxygen atoms in total. The molecule has 27 heavy (non-hydrogen) atoms. The summed E-state index contributed by atoms with van der Waals surface area (Å²) in [4.78, 5) is 35.6. The highest BCUT2D eigenvalue weighted by Crippen LogP contribution is 2.30. The Bertz CT molecular complexity index is 676. The van der Waals surface area contributed by atoms with Gasteiger partial charge >= 0.3 is 11.7 Å². The second-order valence-electron chi connectivity index (χ2n) is 6.52. The Morgan fingerprint density at radius 1 is 1.22 bits per heavy atom. The summed E-state index contributed by atoms with van der Waals surface area (Å²) >= 11 is 0. The molecule has 1 atom stereocenters. The normalized spacial score (nSPS) is 11.6. The van der Waals surface area contributed by atoms with Crippen molar-refractivity contribution in [1.29, 1.82) is 0 Å². The van der Waals surface area contributed by atoms with E-state index in [1.54, 1.807) is 11.9 Å². The molecule has 0 bridgehead atoms. The molecule has 1 aromatic rings. The first kappa shape index (κ1) is 22.2. The number of carbonyl (C=O) groups excluding carboxylic acids is 2. The average molecular weight is 382 g/mol. The van der Waals surface area contributed by atoms with Crippen LogP contribution in [0.25, 0.3) is 0 Å². The lowest BCUT2D eigenvalue weighted by Crippen LogP contribution is -2.38. The molecule has 0 radical (unpaired) electrons. The predicted molar refractivity (Wildman–Crippen MR) is 97.8 cm³/mol. The number of nitrogens with zero attached hydrogens (tertiary/aromatic N) is 2. The van der Waals surface area contributed by atoms with Crippen molar-refractivity contribution in [3.8, 4) is 11.5 Å². The van der Waals surface area contributed by atoms with E-state index in [0.29, 0.717) is 5.92 Å². The highest BCUT2D eigenvalue weighted by Gasteiger charge is 2.19. The quantitative estimate of drug-likeness (QED) is 0.347. The molecule has 1 aromatic carbocycles. The van der Waals surface area contributed by atoms with Crippen LogP contribution >= 0.6 is 0 Å². The molecule has 150 valence electrons. The van der Waals surface area contributed by atoms with E-state index in [1.165, 1.54) is 25.3 Å². The van der Waals surface area contributed by atoms with E-state index in [9.17, 15) is 19.7 Å². The first-order valence-electron chi connectivity index (χ1n) is 8.52. The van der Waals surface area contributed by atoms with Gasteiger partial charge in [0.25, 0.3) is 5.91 Å². The molecule has 0 aliphatic rings. The maximum absolute atomic E-state index is 12.1. The molecule has 0 saturated carbocycles. The molecule has 0 saturated heterocycles. The van der Waals surface area contributed by atoms with Gasteiger partial charge in [0.1, 0.15) is 5.75 Å². The zero-order valence-electron chi connectivity index (χ0n) is 16.3. The van der Waals surface area contributed by atoms with Crippen molar-refractivity contribution in [1.82, 2.24) is 4.90 Å². The largest absolute Gasteiger partial charge is 0.490 e. The number of nitro benzene ring substituents is 1. The molecule has 0 spiro atoms. The molecule has 0 fully saturated rings. The van der Waals surface area contributed by atoms with Crippen LogP contribution in [0.4, 0.5) is 5.69 Å². The molecule has 1 unspecified atom stereocenters. The van der Waals surface area contributed by atoms with E-state index in [-0.39, 0.29) is 35.7 Å². The summed E-state index contributed by atoms with van der Waals surface area (Å²) in [5.74, 6) is -0.339. The second-order valence-corrected chi connectivity index (χ2v) is 6.52. The van der Waals surface area contributed by atoms with Crippen LogP contribution in [0.5, 0.6) is 11.5 Å². The number of ether oxygens (including phenoxy) is 3. The second kappa shape index (κ2) is 10.3. The molecule has 0 N–H and O–H groups in total. The predicted octanol–water partition coefficient (Wildman–Crippen LogP) is 2.42. The van der Waals surface area contributed by atoms with Crippen LogP contribution in [-0.4, -0.2) is 55.1 Å². The molecule has 1 rings (SSSR count). The van der Waals surface area contributed by atoms with Crippen LogP contribution in [0.3, 0.4) is 0 Å². The summed E-state index contributed by atoms with van der Waals surface area (Å²) in [5.41, 5.74) is -0.212. The summed E-state index contributed by atoms with van der Waals surface area (Å²) in [7, 11) is 2.96. The summed E-state index contributed by atoms with van der Waals surface area (Å²) in [6, 6.07) is 3.91. The first-order valence-corrected chi connectivity index (χ1v) is 8.52. The zero-order chi connectivity index (χ0) is 20.6. The van der Waals surface area contributed by atoms with Crippen LogP contribution in [0.1, 0.15) is 27.2 Å². The summed E-state index contributed by atoms with van der Waals surface area (Å²) in [6.45, 7) is 5.27. The van der Waals surface area contributed by atoms with Crippen LogP contribution in [0, 0.1) is 16.0 Å². The number of methoxy groups -OCH3 is 1. The van der Waals surface area contributed by atoms with E-state index < -0.39 is 17.5 Å². The monoisotopic (exact) mass is 382 g/mol. The Kier molecular flexibility index (Phi) is 8.50. The fraction of sp³-hybridized carbons (Fsp3) is 0.556. The maximum Gasteiger partial charge on any atom is 0.344 e. The van der Waals surface area contributed by atoms with E-state index in [1.807, 2.05) is 6.92 Å². The van der Waals surface area contributed by atoms with Crippen molar-refractivity contribution in [3.63, 3.8) is 0 Å². The Morgan fingerprint density at radius 3 is 2.44 bits per heavy atom. The molecule has 0 heterocycles. The fourth-order valence-electron chi connectivity index (χ4n) is 2.41. The highest BCUT2D eigenvalue weighted by molar-refractivity contribution is 5.81. The smallest absolute Gasteiger partial charge is 0.344 e. The van der Waals surface area contributed by atoms with Gasteiger partial charge in [-0.1, -0.05) is 13.8 Å². The lowest BCUT2D eigenvalue weighted by atomic mass is 10.0. The summed E-state index contributed by atoms with van der Waals surface area (Å²) < 4.78 is 15.1. The van der Waals surface area contributed by atoms with Gasteiger partial charge in [0.05, 0.1) is 12.0 Å². The fourth-order valence-corrected chi connectivity index (χ4v) is 2.41. The number of esters is 1. The lowest BCUT2D eigenvalue weighted by Gasteiger charge is -2.26. The zero-order valence-corrected chi connectivity index (χ0v) is 16.3. The topological polar surface area (TPSA) is 108 Å². The number of nitro groups is 1. The minimum absolute atomic E-state index is 0.0156. The maximum atomic E-state index is 12.1.